The maximum Gasteiger partial charge on any atom is 0.227 e. The number of methoxy groups -OCH3 is 2. The SMILES string of the molecule is COc1ccc(CNc2ccc(-c3nc4cc(Cl)ccc4o3)cc2)cc1OC. The molecule has 3 aromatic carbocycles. The van der Waals surface area contributed by atoms with E-state index in [1.54, 1.807) is 26.4 Å². The first-order valence-electron chi connectivity index (χ1n) is 8.77. The van der Waals surface area contributed by atoms with Crippen molar-refractivity contribution in [2.45, 2.75) is 6.54 Å². The van der Waals surface area contributed by atoms with Crippen LogP contribution in [0.1, 0.15) is 5.56 Å². The van der Waals surface area contributed by atoms with Gasteiger partial charge in [0.1, 0.15) is 5.52 Å². The Hall–Kier alpha value is -3.18. The van der Waals surface area contributed by atoms with Crippen LogP contribution in [-0.4, -0.2) is 19.2 Å². The van der Waals surface area contributed by atoms with E-state index in [1.165, 1.54) is 0 Å². The number of fused-ring (bicyclic) bond motifs is 1. The molecule has 6 heteroatoms. The first-order chi connectivity index (χ1) is 13.7. The second-order valence-corrected chi connectivity index (χ2v) is 6.69. The number of aromatic nitrogens is 1. The third-order valence-corrected chi connectivity index (χ3v) is 4.66. The van der Waals surface area contributed by atoms with Crippen LogP contribution in [0.15, 0.2) is 65.1 Å². The maximum atomic E-state index is 6.01. The second-order valence-electron chi connectivity index (χ2n) is 6.25. The number of benzene rings is 3. The number of hydrogen-bond acceptors (Lipinski definition) is 5. The topological polar surface area (TPSA) is 56.5 Å². The van der Waals surface area contributed by atoms with Crippen LogP contribution in [0.2, 0.25) is 5.02 Å². The van der Waals surface area contributed by atoms with Crippen LogP contribution in [0.5, 0.6) is 11.5 Å². The van der Waals surface area contributed by atoms with E-state index >= 15 is 0 Å². The molecule has 0 aliphatic heterocycles. The van der Waals surface area contributed by atoms with E-state index in [0.717, 1.165) is 33.7 Å². The molecule has 5 nitrogen and oxygen atoms in total. The van der Waals surface area contributed by atoms with Gasteiger partial charge in [-0.05, 0) is 60.2 Å². The predicted octanol–water partition coefficient (Wildman–Crippen LogP) is 5.78. The molecule has 0 atom stereocenters. The fraction of sp³-hybridized carbons (Fsp3) is 0.136. The van der Waals surface area contributed by atoms with Crippen molar-refractivity contribution in [3.05, 3.63) is 71.2 Å². The molecule has 0 unspecified atom stereocenters. The van der Waals surface area contributed by atoms with Gasteiger partial charge in [-0.2, -0.15) is 0 Å². The first-order valence-corrected chi connectivity index (χ1v) is 9.15. The van der Waals surface area contributed by atoms with Crippen molar-refractivity contribution < 1.29 is 13.9 Å². The molecule has 4 rings (SSSR count). The highest BCUT2D eigenvalue weighted by Crippen LogP contribution is 2.29. The summed E-state index contributed by atoms with van der Waals surface area (Å²) in [6.07, 6.45) is 0. The lowest BCUT2D eigenvalue weighted by Crippen LogP contribution is -2.00. The Morgan fingerprint density at radius 2 is 1.71 bits per heavy atom. The minimum absolute atomic E-state index is 0.573. The third-order valence-electron chi connectivity index (χ3n) is 4.43. The fourth-order valence-electron chi connectivity index (χ4n) is 2.95. The predicted molar refractivity (Wildman–Crippen MR) is 111 cm³/mol. The van der Waals surface area contributed by atoms with Gasteiger partial charge in [-0.15, -0.1) is 0 Å². The van der Waals surface area contributed by atoms with Crippen molar-refractivity contribution in [2.24, 2.45) is 0 Å². The maximum absolute atomic E-state index is 6.01. The number of anilines is 1. The van der Waals surface area contributed by atoms with Gasteiger partial charge in [-0.1, -0.05) is 17.7 Å². The van der Waals surface area contributed by atoms with E-state index in [2.05, 4.69) is 10.3 Å². The van der Waals surface area contributed by atoms with Gasteiger partial charge in [0.2, 0.25) is 5.89 Å². The summed E-state index contributed by atoms with van der Waals surface area (Å²) in [5.41, 5.74) is 4.47. The molecule has 0 aliphatic rings. The summed E-state index contributed by atoms with van der Waals surface area (Å²) in [5, 5.41) is 4.04. The van der Waals surface area contributed by atoms with Gasteiger partial charge in [0.25, 0.3) is 0 Å². The third kappa shape index (κ3) is 3.75. The Morgan fingerprint density at radius 1 is 0.929 bits per heavy atom. The minimum atomic E-state index is 0.573. The van der Waals surface area contributed by atoms with Crippen LogP contribution < -0.4 is 14.8 Å². The van der Waals surface area contributed by atoms with Crippen molar-refractivity contribution in [3.8, 4) is 23.0 Å². The summed E-state index contributed by atoms with van der Waals surface area (Å²) in [4.78, 5) is 4.51. The molecule has 0 fully saturated rings. The molecule has 0 radical (unpaired) electrons. The van der Waals surface area contributed by atoms with Crippen LogP contribution in [0.3, 0.4) is 0 Å². The van der Waals surface area contributed by atoms with E-state index in [-0.39, 0.29) is 0 Å². The number of ether oxygens (including phenoxy) is 2. The zero-order valence-electron chi connectivity index (χ0n) is 15.5. The number of nitrogens with one attached hydrogen (secondary N) is 1. The van der Waals surface area contributed by atoms with Crippen molar-refractivity contribution in [1.29, 1.82) is 0 Å². The molecule has 0 amide bonds. The number of rotatable bonds is 6. The fourth-order valence-corrected chi connectivity index (χ4v) is 3.12. The molecule has 0 aliphatic carbocycles. The summed E-state index contributed by atoms with van der Waals surface area (Å²) < 4.78 is 16.4. The van der Waals surface area contributed by atoms with Gasteiger partial charge in [0, 0.05) is 22.8 Å². The number of oxazole rings is 1. The van der Waals surface area contributed by atoms with E-state index in [0.29, 0.717) is 23.2 Å². The molecule has 0 saturated carbocycles. The largest absolute Gasteiger partial charge is 0.493 e. The molecular weight excluding hydrogens is 376 g/mol. The summed E-state index contributed by atoms with van der Waals surface area (Å²) >= 11 is 6.01. The standard InChI is InChI=1S/C22H19ClN2O3/c1-26-20-9-3-14(11-21(20)27-2)13-24-17-7-4-15(5-8-17)22-25-18-12-16(23)6-10-19(18)28-22/h3-12,24H,13H2,1-2H3. The summed E-state index contributed by atoms with van der Waals surface area (Å²) in [7, 11) is 3.26. The Morgan fingerprint density at radius 3 is 2.46 bits per heavy atom. The smallest absolute Gasteiger partial charge is 0.227 e. The molecule has 4 aromatic rings. The Balaban J connectivity index is 1.47. The molecule has 142 valence electrons. The summed E-state index contributed by atoms with van der Waals surface area (Å²) in [6, 6.07) is 19.2. The van der Waals surface area contributed by atoms with Gasteiger partial charge in [0.15, 0.2) is 17.1 Å². The van der Waals surface area contributed by atoms with Gasteiger partial charge < -0.3 is 19.2 Å². The van der Waals surface area contributed by atoms with E-state index in [4.69, 9.17) is 25.5 Å². The molecule has 1 aromatic heterocycles. The highest BCUT2D eigenvalue weighted by molar-refractivity contribution is 6.31. The highest BCUT2D eigenvalue weighted by Gasteiger charge is 2.09. The minimum Gasteiger partial charge on any atom is -0.493 e. The number of halogens is 1. The zero-order chi connectivity index (χ0) is 19.5. The number of hydrogen-bond donors (Lipinski definition) is 1. The molecule has 1 N–H and O–H groups in total. The molecule has 0 bridgehead atoms. The first kappa shape index (κ1) is 18.2. The van der Waals surface area contributed by atoms with Gasteiger partial charge >= 0.3 is 0 Å². The molecule has 1 heterocycles. The van der Waals surface area contributed by atoms with Gasteiger partial charge in [-0.3, -0.25) is 0 Å². The van der Waals surface area contributed by atoms with E-state index < -0.39 is 0 Å². The van der Waals surface area contributed by atoms with Crippen LogP contribution in [0, 0.1) is 0 Å². The van der Waals surface area contributed by atoms with Gasteiger partial charge in [-0.25, -0.2) is 4.98 Å². The van der Waals surface area contributed by atoms with Crippen molar-refractivity contribution in [2.75, 3.05) is 19.5 Å². The molecule has 0 saturated heterocycles. The monoisotopic (exact) mass is 394 g/mol. The Bertz CT molecular complexity index is 1110. The highest BCUT2D eigenvalue weighted by atomic mass is 35.5. The Labute approximate surface area is 167 Å². The van der Waals surface area contributed by atoms with E-state index in [9.17, 15) is 0 Å². The summed E-state index contributed by atoms with van der Waals surface area (Å²) in [6.45, 7) is 0.668. The molecular formula is C22H19ClN2O3. The van der Waals surface area contributed by atoms with Crippen LogP contribution in [0.25, 0.3) is 22.6 Å². The van der Waals surface area contributed by atoms with Crippen LogP contribution in [-0.2, 0) is 6.54 Å². The molecule has 28 heavy (non-hydrogen) atoms. The second kappa shape index (κ2) is 7.82. The van der Waals surface area contributed by atoms with Gasteiger partial charge in [0.05, 0.1) is 14.2 Å². The van der Waals surface area contributed by atoms with Crippen LogP contribution in [0.4, 0.5) is 5.69 Å². The normalized spacial score (nSPS) is 10.8. The zero-order valence-corrected chi connectivity index (χ0v) is 16.3. The lowest BCUT2D eigenvalue weighted by Gasteiger charge is -2.11. The van der Waals surface area contributed by atoms with Crippen molar-refractivity contribution in [1.82, 2.24) is 4.98 Å². The lowest BCUT2D eigenvalue weighted by atomic mass is 10.1. The number of nitrogens with zero attached hydrogens (tertiary/aromatic N) is 1. The van der Waals surface area contributed by atoms with Crippen molar-refractivity contribution in [3.63, 3.8) is 0 Å². The average Bonchev–Trinajstić information content (AvgIpc) is 3.15. The lowest BCUT2D eigenvalue weighted by molar-refractivity contribution is 0.354. The van der Waals surface area contributed by atoms with Crippen LogP contribution >= 0.6 is 11.6 Å². The Kier molecular flexibility index (Phi) is 5.08. The van der Waals surface area contributed by atoms with Crippen molar-refractivity contribution >= 4 is 28.4 Å². The summed E-state index contributed by atoms with van der Waals surface area (Å²) in [5.74, 6) is 2.01. The quantitative estimate of drug-likeness (QED) is 0.449. The molecule has 0 spiro atoms. The van der Waals surface area contributed by atoms with E-state index in [1.807, 2.05) is 48.5 Å². The average molecular weight is 395 g/mol.